The Kier molecular flexibility index (Phi) is 2.90. The molecule has 5 nitrogen and oxygen atoms in total. The first-order valence-corrected chi connectivity index (χ1v) is 7.47. The molecule has 0 unspecified atom stereocenters. The Labute approximate surface area is 132 Å². The van der Waals surface area contributed by atoms with Crippen molar-refractivity contribution in [3.8, 4) is 11.3 Å². The maximum Gasteiger partial charge on any atom is 0.144 e. The third-order valence-electron chi connectivity index (χ3n) is 3.83. The zero-order valence-electron chi connectivity index (χ0n) is 12.2. The van der Waals surface area contributed by atoms with Crippen molar-refractivity contribution in [2.75, 3.05) is 0 Å². The third kappa shape index (κ3) is 1.82. The van der Waals surface area contributed by atoms with Gasteiger partial charge in [0.05, 0.1) is 10.7 Å². The minimum absolute atomic E-state index is 0.299. The lowest BCUT2D eigenvalue weighted by molar-refractivity contribution is 0.618. The van der Waals surface area contributed by atoms with E-state index in [1.165, 1.54) is 0 Å². The zero-order chi connectivity index (χ0) is 15.3. The molecule has 0 aromatic carbocycles. The molecule has 0 aliphatic heterocycles. The van der Waals surface area contributed by atoms with E-state index < -0.39 is 0 Å². The summed E-state index contributed by atoms with van der Waals surface area (Å²) in [5.41, 5.74) is 3.54. The highest BCUT2D eigenvalue weighted by molar-refractivity contribution is 6.38. The van der Waals surface area contributed by atoms with Crippen molar-refractivity contribution in [3.05, 3.63) is 42.1 Å². The molecule has 0 radical (unpaired) electrons. The van der Waals surface area contributed by atoms with Gasteiger partial charge in [-0.15, -0.1) is 0 Å². The van der Waals surface area contributed by atoms with E-state index in [4.69, 9.17) is 11.6 Å². The topological polar surface area (TPSA) is 59.4 Å². The molecular weight excluding hydrogens is 298 g/mol. The number of nitrogens with one attached hydrogen (secondary N) is 1. The van der Waals surface area contributed by atoms with E-state index in [9.17, 15) is 0 Å². The lowest BCUT2D eigenvalue weighted by atomic mass is 10.2. The molecule has 4 heterocycles. The van der Waals surface area contributed by atoms with Crippen LogP contribution in [-0.4, -0.2) is 24.5 Å². The second kappa shape index (κ2) is 4.81. The van der Waals surface area contributed by atoms with Crippen LogP contribution in [0, 0.1) is 0 Å². The predicted octanol–water partition coefficient (Wildman–Crippen LogP) is 4.21. The molecule has 0 bridgehead atoms. The molecular formula is C16H14ClN5. The van der Waals surface area contributed by atoms with Gasteiger partial charge in [-0.05, 0) is 26.0 Å². The van der Waals surface area contributed by atoms with Gasteiger partial charge >= 0.3 is 0 Å². The highest BCUT2D eigenvalue weighted by atomic mass is 35.5. The summed E-state index contributed by atoms with van der Waals surface area (Å²) in [7, 11) is 0. The number of hydrogen-bond donors (Lipinski definition) is 1. The van der Waals surface area contributed by atoms with Crippen LogP contribution < -0.4 is 0 Å². The molecule has 0 fully saturated rings. The van der Waals surface area contributed by atoms with Crippen molar-refractivity contribution < 1.29 is 0 Å². The van der Waals surface area contributed by atoms with Crippen LogP contribution in [0.15, 0.2) is 37.1 Å². The number of pyridine rings is 1. The van der Waals surface area contributed by atoms with Crippen molar-refractivity contribution in [2.45, 2.75) is 19.9 Å². The SMILES string of the molecule is CC(C)n1cc(-c2[nH]c3ncccc3c2Cl)c2cncnc21. The summed E-state index contributed by atoms with van der Waals surface area (Å²) < 4.78 is 2.13. The fourth-order valence-electron chi connectivity index (χ4n) is 2.76. The van der Waals surface area contributed by atoms with Crippen LogP contribution in [0.4, 0.5) is 0 Å². The van der Waals surface area contributed by atoms with Crippen molar-refractivity contribution in [1.29, 1.82) is 0 Å². The minimum atomic E-state index is 0.299. The molecule has 110 valence electrons. The molecule has 6 heteroatoms. The summed E-state index contributed by atoms with van der Waals surface area (Å²) in [5, 5.41) is 2.57. The molecule has 22 heavy (non-hydrogen) atoms. The van der Waals surface area contributed by atoms with E-state index in [0.29, 0.717) is 11.1 Å². The first kappa shape index (κ1) is 13.3. The van der Waals surface area contributed by atoms with Crippen LogP contribution in [0.2, 0.25) is 5.02 Å². The maximum absolute atomic E-state index is 6.56. The average Bonchev–Trinajstić information content (AvgIpc) is 3.06. The lowest BCUT2D eigenvalue weighted by Crippen LogP contribution is -1.99. The normalized spacial score (nSPS) is 11.8. The fourth-order valence-corrected chi connectivity index (χ4v) is 3.06. The van der Waals surface area contributed by atoms with Gasteiger partial charge in [0, 0.05) is 41.0 Å². The third-order valence-corrected chi connectivity index (χ3v) is 4.22. The molecule has 0 spiro atoms. The predicted molar refractivity (Wildman–Crippen MR) is 88.0 cm³/mol. The highest BCUT2D eigenvalue weighted by Gasteiger charge is 2.18. The Morgan fingerprint density at radius 2 is 2.09 bits per heavy atom. The molecule has 0 saturated heterocycles. The van der Waals surface area contributed by atoms with E-state index in [1.807, 2.05) is 18.3 Å². The molecule has 0 atom stereocenters. The summed E-state index contributed by atoms with van der Waals surface area (Å²) in [6, 6.07) is 4.14. The average molecular weight is 312 g/mol. The summed E-state index contributed by atoms with van der Waals surface area (Å²) >= 11 is 6.56. The van der Waals surface area contributed by atoms with Crippen molar-refractivity contribution >= 4 is 33.7 Å². The van der Waals surface area contributed by atoms with Crippen molar-refractivity contribution in [1.82, 2.24) is 24.5 Å². The van der Waals surface area contributed by atoms with E-state index in [1.54, 1.807) is 12.5 Å². The standard InChI is InChI=1S/C16H14ClN5/c1-9(2)22-7-12(11-6-18-8-20-16(11)22)14-13(17)10-4-3-5-19-15(10)21-14/h3-9H,1-2H3,(H,19,21). The molecule has 1 N–H and O–H groups in total. The van der Waals surface area contributed by atoms with Gasteiger partial charge in [-0.3, -0.25) is 0 Å². The molecule has 0 aliphatic carbocycles. The second-order valence-electron chi connectivity index (χ2n) is 5.52. The minimum Gasteiger partial charge on any atom is -0.338 e. The number of fused-ring (bicyclic) bond motifs is 2. The molecule has 0 amide bonds. The van der Waals surface area contributed by atoms with E-state index in [0.717, 1.165) is 33.3 Å². The summed E-state index contributed by atoms with van der Waals surface area (Å²) in [4.78, 5) is 16.2. The summed E-state index contributed by atoms with van der Waals surface area (Å²) in [6.07, 6.45) is 7.21. The Morgan fingerprint density at radius 3 is 2.86 bits per heavy atom. The molecule has 0 saturated carbocycles. The number of halogens is 1. The van der Waals surface area contributed by atoms with Crippen LogP contribution in [0.5, 0.6) is 0 Å². The first-order valence-electron chi connectivity index (χ1n) is 7.10. The Hall–Kier alpha value is -2.40. The number of nitrogens with zero attached hydrogens (tertiary/aromatic N) is 4. The quantitative estimate of drug-likeness (QED) is 0.603. The Morgan fingerprint density at radius 1 is 1.23 bits per heavy atom. The van der Waals surface area contributed by atoms with E-state index in [-0.39, 0.29) is 0 Å². The van der Waals surface area contributed by atoms with Gasteiger partial charge in [-0.25, -0.2) is 15.0 Å². The van der Waals surface area contributed by atoms with Crippen LogP contribution >= 0.6 is 11.6 Å². The van der Waals surface area contributed by atoms with E-state index >= 15 is 0 Å². The van der Waals surface area contributed by atoms with Crippen LogP contribution in [0.25, 0.3) is 33.3 Å². The van der Waals surface area contributed by atoms with Gasteiger partial charge in [0.25, 0.3) is 0 Å². The van der Waals surface area contributed by atoms with Gasteiger partial charge in [0.15, 0.2) is 0 Å². The highest BCUT2D eigenvalue weighted by Crippen LogP contribution is 2.38. The van der Waals surface area contributed by atoms with Gasteiger partial charge in [0.1, 0.15) is 17.6 Å². The number of H-pyrrole nitrogens is 1. The van der Waals surface area contributed by atoms with Gasteiger partial charge in [0.2, 0.25) is 0 Å². The van der Waals surface area contributed by atoms with Gasteiger partial charge in [-0.1, -0.05) is 11.6 Å². The van der Waals surface area contributed by atoms with Crippen molar-refractivity contribution in [3.63, 3.8) is 0 Å². The Balaban J connectivity index is 2.06. The first-order chi connectivity index (χ1) is 10.7. The fraction of sp³-hybridized carbons (Fsp3) is 0.188. The molecule has 0 aliphatic rings. The van der Waals surface area contributed by atoms with Crippen molar-refractivity contribution in [2.24, 2.45) is 0 Å². The molecule has 4 aromatic rings. The zero-order valence-corrected chi connectivity index (χ0v) is 13.0. The number of rotatable bonds is 2. The van der Waals surface area contributed by atoms with Gasteiger partial charge in [-0.2, -0.15) is 0 Å². The maximum atomic E-state index is 6.56. The summed E-state index contributed by atoms with van der Waals surface area (Å²) in [6.45, 7) is 4.25. The second-order valence-corrected chi connectivity index (χ2v) is 5.90. The lowest BCUT2D eigenvalue weighted by Gasteiger charge is -2.07. The van der Waals surface area contributed by atoms with Crippen LogP contribution in [0.1, 0.15) is 19.9 Å². The largest absolute Gasteiger partial charge is 0.338 e. The van der Waals surface area contributed by atoms with Crippen LogP contribution in [-0.2, 0) is 0 Å². The summed E-state index contributed by atoms with van der Waals surface area (Å²) in [5.74, 6) is 0. The Bertz CT molecular complexity index is 983. The number of aromatic nitrogens is 5. The van der Waals surface area contributed by atoms with E-state index in [2.05, 4.69) is 44.5 Å². The number of hydrogen-bond acceptors (Lipinski definition) is 3. The molecule has 4 aromatic heterocycles. The van der Waals surface area contributed by atoms with Crippen LogP contribution in [0.3, 0.4) is 0 Å². The monoisotopic (exact) mass is 311 g/mol. The number of aromatic amines is 1. The van der Waals surface area contributed by atoms with Gasteiger partial charge < -0.3 is 9.55 Å². The smallest absolute Gasteiger partial charge is 0.144 e. The molecule has 4 rings (SSSR count).